The molecule has 2 atom stereocenters. The third-order valence-corrected chi connectivity index (χ3v) is 5.21. The fourth-order valence-electron chi connectivity index (χ4n) is 3.66. The van der Waals surface area contributed by atoms with Crippen molar-refractivity contribution < 1.29 is 23.8 Å². The molecule has 1 aromatic carbocycles. The summed E-state index contributed by atoms with van der Waals surface area (Å²) in [6.07, 6.45) is -0.294. The lowest BCUT2D eigenvalue weighted by atomic mass is 9.93. The van der Waals surface area contributed by atoms with E-state index in [1.807, 2.05) is 24.3 Å². The largest absolute Gasteiger partial charge is 0.440 e. The minimum Gasteiger partial charge on any atom is -0.440 e. The molecule has 0 radical (unpaired) electrons. The Hall–Kier alpha value is -2.45. The molecule has 8 nitrogen and oxygen atoms in total. The van der Waals surface area contributed by atoms with E-state index in [-0.39, 0.29) is 24.8 Å². The molecule has 2 saturated heterocycles. The lowest BCUT2D eigenvalue weighted by Crippen LogP contribution is -2.54. The molecule has 8 heteroatoms. The Kier molecular flexibility index (Phi) is 5.09. The van der Waals surface area contributed by atoms with Crippen molar-refractivity contribution in [3.8, 4) is 0 Å². The van der Waals surface area contributed by atoms with Crippen LogP contribution in [0, 0.1) is 5.92 Å². The number of fused-ring (bicyclic) bond motifs is 1. The van der Waals surface area contributed by atoms with Gasteiger partial charge in [-0.05, 0) is 18.6 Å². The van der Waals surface area contributed by atoms with Crippen LogP contribution in [0.1, 0.15) is 12.3 Å². The summed E-state index contributed by atoms with van der Waals surface area (Å²) < 4.78 is 10.9. The monoisotopic (exact) mass is 373 g/mol. The van der Waals surface area contributed by atoms with Gasteiger partial charge in [0, 0.05) is 26.2 Å². The number of carbonyl (C=O) groups is 2. The summed E-state index contributed by atoms with van der Waals surface area (Å²) in [5.74, 6) is -0.480. The van der Waals surface area contributed by atoms with E-state index in [1.54, 1.807) is 9.80 Å². The maximum Gasteiger partial charge on any atom is 0.231 e. The van der Waals surface area contributed by atoms with Crippen molar-refractivity contribution in [3.05, 3.63) is 30.2 Å². The first kappa shape index (κ1) is 17.9. The van der Waals surface area contributed by atoms with E-state index in [1.165, 1.54) is 0 Å². The molecule has 1 aromatic heterocycles. The summed E-state index contributed by atoms with van der Waals surface area (Å²) in [4.78, 5) is 33.1. The number of ether oxygens (including phenoxy) is 1. The third-order valence-electron chi connectivity index (χ3n) is 5.21. The number of aliphatic hydroxyl groups excluding tert-OH is 1. The number of oxazole rings is 1. The maximum atomic E-state index is 12.7. The van der Waals surface area contributed by atoms with Gasteiger partial charge in [0.15, 0.2) is 5.58 Å². The highest BCUT2D eigenvalue weighted by Crippen LogP contribution is 2.22. The smallest absolute Gasteiger partial charge is 0.231 e. The summed E-state index contributed by atoms with van der Waals surface area (Å²) in [5, 5.41) is 10.3. The first-order valence-electron chi connectivity index (χ1n) is 9.28. The highest BCUT2D eigenvalue weighted by molar-refractivity contribution is 5.83. The molecule has 2 aliphatic rings. The predicted octanol–water partition coefficient (Wildman–Crippen LogP) is 0.438. The highest BCUT2D eigenvalue weighted by atomic mass is 16.5. The number of rotatable bonds is 3. The second kappa shape index (κ2) is 7.66. The minimum absolute atomic E-state index is 0.0449. The topological polar surface area (TPSA) is 96.1 Å². The molecule has 0 aliphatic carbocycles. The van der Waals surface area contributed by atoms with E-state index in [4.69, 9.17) is 9.15 Å². The van der Waals surface area contributed by atoms with Crippen LogP contribution in [0.5, 0.6) is 0 Å². The van der Waals surface area contributed by atoms with Crippen LogP contribution < -0.4 is 0 Å². The normalized spacial score (nSPS) is 23.6. The number of likely N-dealkylation sites (tertiary alicyclic amines) is 1. The number of para-hydroxylation sites is 2. The lowest BCUT2D eigenvalue weighted by Gasteiger charge is -2.38. The quantitative estimate of drug-likeness (QED) is 0.839. The molecule has 2 aromatic rings. The SMILES string of the molecule is O=C(Cc1nc2ccccc2o1)N1CC[C@@H](O)[C@@H](C(=O)N2CCOCC2)C1. The van der Waals surface area contributed by atoms with Crippen molar-refractivity contribution >= 4 is 22.9 Å². The Bertz CT molecular complexity index is 797. The van der Waals surface area contributed by atoms with Crippen LogP contribution in [0.3, 0.4) is 0 Å². The van der Waals surface area contributed by atoms with Gasteiger partial charge in [-0.25, -0.2) is 4.98 Å². The molecule has 144 valence electrons. The van der Waals surface area contributed by atoms with Gasteiger partial charge in [-0.15, -0.1) is 0 Å². The standard InChI is InChI=1S/C19H23N3O5/c23-15-5-6-22(12-13(15)19(25)21-7-9-26-10-8-21)18(24)11-17-20-14-3-1-2-4-16(14)27-17/h1-4,13,15,23H,5-12H2/t13-,15+/m0/s1. The predicted molar refractivity (Wildman–Crippen MR) is 95.8 cm³/mol. The number of hydrogen-bond acceptors (Lipinski definition) is 6. The van der Waals surface area contributed by atoms with Gasteiger partial charge >= 0.3 is 0 Å². The first-order valence-corrected chi connectivity index (χ1v) is 9.28. The number of aliphatic hydroxyl groups is 1. The van der Waals surface area contributed by atoms with Crippen molar-refractivity contribution in [3.63, 3.8) is 0 Å². The molecule has 0 bridgehead atoms. The number of morpholine rings is 1. The van der Waals surface area contributed by atoms with E-state index in [9.17, 15) is 14.7 Å². The zero-order valence-corrected chi connectivity index (χ0v) is 15.0. The van der Waals surface area contributed by atoms with Gasteiger partial charge in [0.1, 0.15) is 11.9 Å². The average molecular weight is 373 g/mol. The number of piperidine rings is 1. The van der Waals surface area contributed by atoms with Gasteiger partial charge in [-0.3, -0.25) is 9.59 Å². The number of carbonyl (C=O) groups excluding carboxylic acids is 2. The number of hydrogen-bond donors (Lipinski definition) is 1. The fourth-order valence-corrected chi connectivity index (χ4v) is 3.66. The zero-order chi connectivity index (χ0) is 18.8. The van der Waals surface area contributed by atoms with Crippen LogP contribution in [0.25, 0.3) is 11.1 Å². The fraction of sp³-hybridized carbons (Fsp3) is 0.526. The maximum absolute atomic E-state index is 12.7. The Morgan fingerprint density at radius 2 is 1.93 bits per heavy atom. The van der Waals surface area contributed by atoms with E-state index in [0.717, 1.165) is 5.52 Å². The van der Waals surface area contributed by atoms with Crippen molar-refractivity contribution in [1.29, 1.82) is 0 Å². The van der Waals surface area contributed by atoms with Gasteiger partial charge in [0.25, 0.3) is 0 Å². The van der Waals surface area contributed by atoms with Crippen molar-refractivity contribution in [2.24, 2.45) is 5.92 Å². The van der Waals surface area contributed by atoms with Crippen LogP contribution in [0.15, 0.2) is 28.7 Å². The van der Waals surface area contributed by atoms with Crippen LogP contribution in [0.2, 0.25) is 0 Å². The van der Waals surface area contributed by atoms with Gasteiger partial charge in [-0.2, -0.15) is 0 Å². The Labute approximate surface area is 156 Å². The molecule has 2 fully saturated rings. The van der Waals surface area contributed by atoms with Crippen molar-refractivity contribution in [2.75, 3.05) is 39.4 Å². The Morgan fingerprint density at radius 1 is 1.15 bits per heavy atom. The summed E-state index contributed by atoms with van der Waals surface area (Å²) in [5.41, 5.74) is 1.37. The number of nitrogens with zero attached hydrogens (tertiary/aromatic N) is 3. The van der Waals surface area contributed by atoms with Crippen molar-refractivity contribution in [1.82, 2.24) is 14.8 Å². The first-order chi connectivity index (χ1) is 13.1. The molecule has 0 spiro atoms. The molecule has 27 heavy (non-hydrogen) atoms. The molecular weight excluding hydrogens is 350 g/mol. The molecule has 2 amide bonds. The number of amides is 2. The highest BCUT2D eigenvalue weighted by Gasteiger charge is 2.37. The summed E-state index contributed by atoms with van der Waals surface area (Å²) >= 11 is 0. The lowest BCUT2D eigenvalue weighted by molar-refractivity contribution is -0.149. The van der Waals surface area contributed by atoms with Crippen LogP contribution in [-0.2, 0) is 20.7 Å². The second-order valence-corrected chi connectivity index (χ2v) is 6.99. The Morgan fingerprint density at radius 3 is 2.70 bits per heavy atom. The summed E-state index contributed by atoms with van der Waals surface area (Å²) in [6.45, 7) is 2.71. The molecule has 2 aliphatic heterocycles. The van der Waals surface area contributed by atoms with Gasteiger partial charge in [0.2, 0.25) is 17.7 Å². The van der Waals surface area contributed by atoms with E-state index >= 15 is 0 Å². The second-order valence-electron chi connectivity index (χ2n) is 6.99. The minimum atomic E-state index is -0.728. The van der Waals surface area contributed by atoms with E-state index < -0.39 is 12.0 Å². The number of aromatic nitrogens is 1. The van der Waals surface area contributed by atoms with Crippen LogP contribution in [-0.4, -0.2) is 77.2 Å². The van der Waals surface area contributed by atoms with Gasteiger partial charge in [0.05, 0.1) is 25.2 Å². The molecule has 0 saturated carbocycles. The zero-order valence-electron chi connectivity index (χ0n) is 15.0. The van der Waals surface area contributed by atoms with Gasteiger partial charge < -0.3 is 24.1 Å². The van der Waals surface area contributed by atoms with Crippen LogP contribution >= 0.6 is 0 Å². The molecule has 0 unspecified atom stereocenters. The summed E-state index contributed by atoms with van der Waals surface area (Å²) in [7, 11) is 0. The van der Waals surface area contributed by atoms with E-state index in [0.29, 0.717) is 50.7 Å². The number of benzene rings is 1. The Balaban J connectivity index is 1.42. The van der Waals surface area contributed by atoms with E-state index in [2.05, 4.69) is 4.98 Å². The molecule has 4 rings (SSSR count). The van der Waals surface area contributed by atoms with Gasteiger partial charge in [-0.1, -0.05) is 12.1 Å². The molecular formula is C19H23N3O5. The van der Waals surface area contributed by atoms with Crippen molar-refractivity contribution in [2.45, 2.75) is 18.9 Å². The molecule has 1 N–H and O–H groups in total. The third kappa shape index (κ3) is 3.81. The average Bonchev–Trinajstić information content (AvgIpc) is 3.10. The van der Waals surface area contributed by atoms with Crippen LogP contribution in [0.4, 0.5) is 0 Å². The summed E-state index contributed by atoms with van der Waals surface area (Å²) in [6, 6.07) is 7.36. The molecule has 3 heterocycles.